The summed E-state index contributed by atoms with van der Waals surface area (Å²) in [6.07, 6.45) is 6.12. The first-order valence-corrected chi connectivity index (χ1v) is 4.42. The summed E-state index contributed by atoms with van der Waals surface area (Å²) in [6.45, 7) is 0. The molecule has 1 aromatic carbocycles. The molecule has 0 fully saturated rings. The van der Waals surface area contributed by atoms with Gasteiger partial charge >= 0.3 is 0 Å². The molecule has 0 unspecified atom stereocenters. The molecule has 0 heterocycles. The average molecular weight is 190 g/mol. The summed E-state index contributed by atoms with van der Waals surface area (Å²) >= 11 is 0. The van der Waals surface area contributed by atoms with E-state index in [1.54, 1.807) is 12.1 Å². The maximum Gasteiger partial charge on any atom is 0.138 e. The van der Waals surface area contributed by atoms with Crippen molar-refractivity contribution in [2.75, 3.05) is 0 Å². The molecule has 0 radical (unpaired) electrons. The molecule has 0 spiro atoms. The van der Waals surface area contributed by atoms with Crippen LogP contribution in [0.3, 0.4) is 0 Å². The van der Waals surface area contributed by atoms with E-state index in [9.17, 15) is 9.18 Å². The summed E-state index contributed by atoms with van der Waals surface area (Å²) in [4.78, 5) is 11.3. The van der Waals surface area contributed by atoms with E-state index in [1.807, 2.05) is 0 Å². The maximum absolute atomic E-state index is 12.7. The summed E-state index contributed by atoms with van der Waals surface area (Å²) in [5.74, 6) is 2.14. The van der Waals surface area contributed by atoms with Gasteiger partial charge in [0.15, 0.2) is 0 Å². The molecule has 0 aromatic heterocycles. The summed E-state index contributed by atoms with van der Waals surface area (Å²) in [5.41, 5.74) is 0.701. The molecule has 0 aliphatic rings. The largest absolute Gasteiger partial charge is 0.299 e. The van der Waals surface area contributed by atoms with Crippen LogP contribution < -0.4 is 0 Å². The molecule has 1 rings (SSSR count). The highest BCUT2D eigenvalue weighted by Gasteiger charge is 2.03. The highest BCUT2D eigenvalue weighted by atomic mass is 19.1. The molecular formula is C12H11FO. The van der Waals surface area contributed by atoms with Gasteiger partial charge in [0.1, 0.15) is 11.6 Å². The van der Waals surface area contributed by atoms with E-state index in [-0.39, 0.29) is 18.0 Å². The van der Waals surface area contributed by atoms with Gasteiger partial charge in [-0.15, -0.1) is 12.3 Å². The Bertz CT molecular complexity index is 363. The zero-order valence-corrected chi connectivity index (χ0v) is 7.79. The van der Waals surface area contributed by atoms with Gasteiger partial charge < -0.3 is 0 Å². The van der Waals surface area contributed by atoms with Crippen molar-refractivity contribution in [3.63, 3.8) is 0 Å². The van der Waals surface area contributed by atoms with Crippen molar-refractivity contribution in [3.05, 3.63) is 35.6 Å². The topological polar surface area (TPSA) is 17.1 Å². The number of hydrogen-bond acceptors (Lipinski definition) is 1. The van der Waals surface area contributed by atoms with Crippen LogP contribution in [0.2, 0.25) is 0 Å². The van der Waals surface area contributed by atoms with Crippen LogP contribution in [-0.2, 0) is 11.2 Å². The third kappa shape index (κ3) is 3.40. The molecule has 2 heteroatoms. The molecular weight excluding hydrogens is 179 g/mol. The van der Waals surface area contributed by atoms with Gasteiger partial charge in [-0.3, -0.25) is 4.79 Å². The second-order valence-electron chi connectivity index (χ2n) is 3.05. The molecule has 1 nitrogen and oxygen atoms in total. The molecule has 1 aromatic rings. The van der Waals surface area contributed by atoms with Crippen molar-refractivity contribution >= 4 is 5.78 Å². The highest BCUT2D eigenvalue weighted by Crippen LogP contribution is 2.06. The Morgan fingerprint density at radius 2 is 2.29 bits per heavy atom. The predicted molar refractivity (Wildman–Crippen MR) is 53.2 cm³/mol. The molecule has 0 aliphatic carbocycles. The van der Waals surface area contributed by atoms with E-state index >= 15 is 0 Å². The van der Waals surface area contributed by atoms with E-state index < -0.39 is 0 Å². The lowest BCUT2D eigenvalue weighted by Gasteiger charge is -1.99. The number of rotatable bonds is 4. The third-order valence-electron chi connectivity index (χ3n) is 1.84. The van der Waals surface area contributed by atoms with Crippen molar-refractivity contribution in [2.24, 2.45) is 0 Å². The minimum absolute atomic E-state index is 0.0496. The van der Waals surface area contributed by atoms with Crippen LogP contribution in [-0.4, -0.2) is 5.78 Å². The number of carbonyl (C=O) groups is 1. The normalized spacial score (nSPS) is 9.43. The lowest BCUT2D eigenvalue weighted by atomic mass is 10.1. The van der Waals surface area contributed by atoms with Crippen LogP contribution in [0.4, 0.5) is 4.39 Å². The Morgan fingerprint density at radius 3 is 2.93 bits per heavy atom. The summed E-state index contributed by atoms with van der Waals surface area (Å²) < 4.78 is 12.7. The summed E-state index contributed by atoms with van der Waals surface area (Å²) in [5, 5.41) is 0. The summed E-state index contributed by atoms with van der Waals surface area (Å²) in [7, 11) is 0. The summed E-state index contributed by atoms with van der Waals surface area (Å²) in [6, 6.07) is 6.05. The first-order valence-electron chi connectivity index (χ1n) is 4.42. The fourth-order valence-electron chi connectivity index (χ4n) is 1.17. The SMILES string of the molecule is C#CCCC(=O)Cc1cccc(F)c1. The average Bonchev–Trinajstić information content (AvgIpc) is 2.15. The van der Waals surface area contributed by atoms with Gasteiger partial charge in [-0.25, -0.2) is 4.39 Å². The molecule has 72 valence electrons. The quantitative estimate of drug-likeness (QED) is 0.666. The van der Waals surface area contributed by atoms with Gasteiger partial charge in [0, 0.05) is 19.3 Å². The molecule has 0 bridgehead atoms. The number of terminal acetylenes is 1. The number of halogens is 1. The Hall–Kier alpha value is -1.62. The Labute approximate surface area is 82.9 Å². The van der Waals surface area contributed by atoms with Gasteiger partial charge in [0.2, 0.25) is 0 Å². The lowest BCUT2D eigenvalue weighted by molar-refractivity contribution is -0.118. The van der Waals surface area contributed by atoms with E-state index in [2.05, 4.69) is 5.92 Å². The van der Waals surface area contributed by atoms with Gasteiger partial charge in [0.25, 0.3) is 0 Å². The minimum Gasteiger partial charge on any atom is -0.299 e. The van der Waals surface area contributed by atoms with Crippen molar-refractivity contribution in [3.8, 4) is 12.3 Å². The highest BCUT2D eigenvalue weighted by molar-refractivity contribution is 5.81. The number of Topliss-reactive ketones (excluding diaryl/α,β-unsaturated/α-hetero) is 1. The van der Waals surface area contributed by atoms with E-state index in [0.717, 1.165) is 0 Å². The third-order valence-corrected chi connectivity index (χ3v) is 1.84. The molecule has 0 amide bonds. The first kappa shape index (κ1) is 10.5. The van der Waals surface area contributed by atoms with Gasteiger partial charge in [0.05, 0.1) is 0 Å². The van der Waals surface area contributed by atoms with E-state index in [1.165, 1.54) is 12.1 Å². The number of hydrogen-bond donors (Lipinski definition) is 0. The predicted octanol–water partition coefficient (Wildman–Crippen LogP) is 2.35. The van der Waals surface area contributed by atoms with Crippen LogP contribution in [0, 0.1) is 18.2 Å². The van der Waals surface area contributed by atoms with Crippen molar-refractivity contribution in [1.29, 1.82) is 0 Å². The van der Waals surface area contributed by atoms with Crippen LogP contribution in [0.5, 0.6) is 0 Å². The lowest BCUT2D eigenvalue weighted by Crippen LogP contribution is -2.02. The van der Waals surface area contributed by atoms with Crippen molar-refractivity contribution in [1.82, 2.24) is 0 Å². The van der Waals surface area contributed by atoms with Gasteiger partial charge in [-0.2, -0.15) is 0 Å². The first-order chi connectivity index (χ1) is 6.72. The Balaban J connectivity index is 2.53. The molecule has 0 aliphatic heterocycles. The van der Waals surface area contributed by atoms with Gasteiger partial charge in [-0.1, -0.05) is 12.1 Å². The number of ketones is 1. The monoisotopic (exact) mass is 190 g/mol. The molecule has 0 saturated heterocycles. The van der Waals surface area contributed by atoms with Gasteiger partial charge in [-0.05, 0) is 17.7 Å². The van der Waals surface area contributed by atoms with Crippen molar-refractivity contribution < 1.29 is 9.18 Å². The Kier molecular flexibility index (Phi) is 3.87. The molecule has 14 heavy (non-hydrogen) atoms. The smallest absolute Gasteiger partial charge is 0.138 e. The fourth-order valence-corrected chi connectivity index (χ4v) is 1.17. The second kappa shape index (κ2) is 5.18. The standard InChI is InChI=1S/C12H11FO/c1-2-3-7-12(14)9-10-5-4-6-11(13)8-10/h1,4-6,8H,3,7,9H2. The Morgan fingerprint density at radius 1 is 1.50 bits per heavy atom. The molecule has 0 saturated carbocycles. The zero-order valence-electron chi connectivity index (χ0n) is 7.79. The zero-order chi connectivity index (χ0) is 10.4. The number of carbonyl (C=O) groups excluding carboxylic acids is 1. The molecule has 0 atom stereocenters. The minimum atomic E-state index is -0.313. The van der Waals surface area contributed by atoms with Crippen LogP contribution in [0.1, 0.15) is 18.4 Å². The van der Waals surface area contributed by atoms with Crippen LogP contribution in [0.15, 0.2) is 24.3 Å². The fraction of sp³-hybridized carbons (Fsp3) is 0.250. The molecule has 0 N–H and O–H groups in total. The van der Waals surface area contributed by atoms with Crippen LogP contribution >= 0.6 is 0 Å². The van der Waals surface area contributed by atoms with E-state index in [0.29, 0.717) is 18.4 Å². The maximum atomic E-state index is 12.7. The van der Waals surface area contributed by atoms with E-state index in [4.69, 9.17) is 6.42 Å². The van der Waals surface area contributed by atoms with Crippen LogP contribution in [0.25, 0.3) is 0 Å². The van der Waals surface area contributed by atoms with Crippen molar-refractivity contribution in [2.45, 2.75) is 19.3 Å². The second-order valence-corrected chi connectivity index (χ2v) is 3.05. The number of benzene rings is 1.